The van der Waals surface area contributed by atoms with Crippen molar-refractivity contribution in [2.24, 2.45) is 0 Å². The molecule has 1 aliphatic heterocycles. The molecular formula is C30H29F2NO6. The van der Waals surface area contributed by atoms with Crippen LogP contribution in [0.5, 0.6) is 11.5 Å². The number of carbonyl (C=O) groups excluding carboxylic acids is 1. The number of fused-ring (bicyclic) bond motifs is 1. The van der Waals surface area contributed by atoms with Crippen molar-refractivity contribution in [2.45, 2.75) is 56.6 Å². The highest BCUT2D eigenvalue weighted by atomic mass is 19.3. The predicted octanol–water partition coefficient (Wildman–Crippen LogP) is 5.17. The van der Waals surface area contributed by atoms with Crippen molar-refractivity contribution in [1.82, 2.24) is 4.90 Å². The fourth-order valence-corrected chi connectivity index (χ4v) is 5.07. The maximum atomic E-state index is 13.9. The molecule has 1 fully saturated rings. The van der Waals surface area contributed by atoms with Crippen molar-refractivity contribution in [3.8, 4) is 11.5 Å². The highest BCUT2D eigenvalue weighted by molar-refractivity contribution is 5.88. The zero-order valence-electron chi connectivity index (χ0n) is 21.4. The molecule has 0 spiro atoms. The van der Waals surface area contributed by atoms with Gasteiger partial charge in [-0.15, -0.1) is 0 Å². The fourth-order valence-electron chi connectivity index (χ4n) is 5.07. The summed E-state index contributed by atoms with van der Waals surface area (Å²) in [4.78, 5) is 27.6. The van der Waals surface area contributed by atoms with Gasteiger partial charge in [0.15, 0.2) is 17.6 Å². The molecule has 2 atom stereocenters. The minimum Gasteiger partial charge on any atom is -0.493 e. The van der Waals surface area contributed by atoms with Gasteiger partial charge in [0.25, 0.3) is 11.8 Å². The van der Waals surface area contributed by atoms with Crippen LogP contribution in [0, 0.1) is 0 Å². The second kappa shape index (κ2) is 11.0. The Labute approximate surface area is 224 Å². The maximum Gasteiger partial charge on any atom is 0.326 e. The van der Waals surface area contributed by atoms with Crippen molar-refractivity contribution < 1.29 is 37.7 Å². The normalized spacial score (nSPS) is 18.9. The third-order valence-electron chi connectivity index (χ3n) is 7.16. The number of hydrogen-bond acceptors (Lipinski definition) is 5. The molecule has 0 saturated heterocycles. The number of amides is 1. The van der Waals surface area contributed by atoms with Crippen LogP contribution in [-0.2, 0) is 33.9 Å². The van der Waals surface area contributed by atoms with E-state index in [1.54, 1.807) is 42.5 Å². The van der Waals surface area contributed by atoms with Gasteiger partial charge in [0, 0.05) is 31.4 Å². The van der Waals surface area contributed by atoms with Gasteiger partial charge in [-0.25, -0.2) is 13.6 Å². The van der Waals surface area contributed by atoms with Crippen LogP contribution in [0.4, 0.5) is 8.78 Å². The number of carboxylic acid groups (broad SMARTS) is 1. The van der Waals surface area contributed by atoms with Crippen molar-refractivity contribution in [3.63, 3.8) is 0 Å². The molecule has 3 aromatic carbocycles. The summed E-state index contributed by atoms with van der Waals surface area (Å²) >= 11 is 0. The van der Waals surface area contributed by atoms with Crippen LogP contribution in [0.3, 0.4) is 0 Å². The van der Waals surface area contributed by atoms with E-state index in [1.807, 2.05) is 30.3 Å². The number of methoxy groups -OCH3 is 1. The van der Waals surface area contributed by atoms with Gasteiger partial charge in [0.2, 0.25) is 0 Å². The molecule has 1 aliphatic carbocycles. The summed E-state index contributed by atoms with van der Waals surface area (Å²) in [5.74, 6) is -3.70. The van der Waals surface area contributed by atoms with E-state index in [0.717, 1.165) is 5.56 Å². The number of hydrogen-bond donors (Lipinski definition) is 1. The Kier molecular flexibility index (Phi) is 7.52. The van der Waals surface area contributed by atoms with E-state index in [9.17, 15) is 23.5 Å². The molecule has 0 radical (unpaired) electrons. The van der Waals surface area contributed by atoms with Crippen molar-refractivity contribution in [3.05, 3.63) is 95.1 Å². The average molecular weight is 538 g/mol. The summed E-state index contributed by atoms with van der Waals surface area (Å²) < 4.78 is 44.6. The molecule has 7 nitrogen and oxygen atoms in total. The number of carboxylic acids is 1. The molecule has 5 rings (SSSR count). The third kappa shape index (κ3) is 5.73. The number of halogens is 2. The largest absolute Gasteiger partial charge is 0.493 e. The minimum absolute atomic E-state index is 0.00958. The Bertz CT molecular complexity index is 1330. The molecule has 39 heavy (non-hydrogen) atoms. The standard InChI is InChI=1S/C30H29F2NO6/c1-37-25-13-12-21-17-33(24(29(35)36)14-23(21)27(25)38-18-19-8-4-2-5-9-19)28(34)26(20-10-6-3-7-11-20)39-22-15-30(31,32)16-22/h2-13,22,24,26H,14-18H2,1H3,(H,35,36)/t24-,26+/m0/s1. The van der Waals surface area contributed by atoms with Crippen LogP contribution >= 0.6 is 0 Å². The van der Waals surface area contributed by atoms with Gasteiger partial charge >= 0.3 is 5.97 Å². The summed E-state index contributed by atoms with van der Waals surface area (Å²) in [5.41, 5.74) is 2.78. The van der Waals surface area contributed by atoms with Crippen LogP contribution in [0.15, 0.2) is 72.8 Å². The van der Waals surface area contributed by atoms with Gasteiger partial charge in [-0.3, -0.25) is 4.79 Å². The van der Waals surface area contributed by atoms with Crippen LogP contribution in [0.1, 0.15) is 41.2 Å². The summed E-state index contributed by atoms with van der Waals surface area (Å²) in [6.45, 7) is 0.244. The molecule has 3 aromatic rings. The van der Waals surface area contributed by atoms with Gasteiger partial charge in [0.1, 0.15) is 12.6 Å². The molecule has 1 amide bonds. The second-order valence-electron chi connectivity index (χ2n) is 9.85. The van der Waals surface area contributed by atoms with Gasteiger partial charge in [-0.2, -0.15) is 0 Å². The second-order valence-corrected chi connectivity index (χ2v) is 9.85. The van der Waals surface area contributed by atoms with E-state index in [0.29, 0.717) is 28.2 Å². The lowest BCUT2D eigenvalue weighted by atomic mass is 9.90. The van der Waals surface area contributed by atoms with Crippen LogP contribution in [0.2, 0.25) is 0 Å². The van der Waals surface area contributed by atoms with Crippen molar-refractivity contribution >= 4 is 11.9 Å². The summed E-state index contributed by atoms with van der Waals surface area (Å²) in [6.07, 6.45) is -2.96. The predicted molar refractivity (Wildman–Crippen MR) is 138 cm³/mol. The molecule has 1 heterocycles. The lowest BCUT2D eigenvalue weighted by molar-refractivity contribution is -0.193. The average Bonchev–Trinajstić information content (AvgIpc) is 2.93. The first-order chi connectivity index (χ1) is 18.8. The Hall–Kier alpha value is -3.98. The lowest BCUT2D eigenvalue weighted by Crippen LogP contribution is -2.51. The highest BCUT2D eigenvalue weighted by Gasteiger charge is 2.49. The maximum absolute atomic E-state index is 13.9. The Morgan fingerprint density at radius 3 is 2.31 bits per heavy atom. The van der Waals surface area contributed by atoms with E-state index in [-0.39, 0.29) is 19.6 Å². The molecule has 204 valence electrons. The van der Waals surface area contributed by atoms with Crippen molar-refractivity contribution in [2.75, 3.05) is 7.11 Å². The molecule has 0 aromatic heterocycles. The number of carbonyl (C=O) groups is 2. The highest BCUT2D eigenvalue weighted by Crippen LogP contribution is 2.43. The van der Waals surface area contributed by atoms with Crippen LogP contribution in [0.25, 0.3) is 0 Å². The van der Waals surface area contributed by atoms with E-state index in [2.05, 4.69) is 0 Å². The molecule has 1 saturated carbocycles. The number of alkyl halides is 2. The first kappa shape index (κ1) is 26.6. The fraction of sp³-hybridized carbons (Fsp3) is 0.333. The summed E-state index contributed by atoms with van der Waals surface area (Å²) in [5, 5.41) is 10.2. The van der Waals surface area contributed by atoms with Crippen molar-refractivity contribution in [1.29, 1.82) is 0 Å². The zero-order chi connectivity index (χ0) is 27.6. The zero-order valence-corrected chi connectivity index (χ0v) is 21.4. The van der Waals surface area contributed by atoms with E-state index in [1.165, 1.54) is 12.0 Å². The molecule has 0 bridgehead atoms. The number of nitrogens with zero attached hydrogens (tertiary/aromatic N) is 1. The lowest BCUT2D eigenvalue weighted by Gasteiger charge is -2.40. The summed E-state index contributed by atoms with van der Waals surface area (Å²) in [7, 11) is 1.51. The van der Waals surface area contributed by atoms with E-state index >= 15 is 0 Å². The molecule has 2 aliphatic rings. The first-order valence-electron chi connectivity index (χ1n) is 12.7. The third-order valence-corrected chi connectivity index (χ3v) is 7.16. The quantitative estimate of drug-likeness (QED) is 0.406. The van der Waals surface area contributed by atoms with E-state index in [4.69, 9.17) is 14.2 Å². The van der Waals surface area contributed by atoms with Gasteiger partial charge in [-0.05, 0) is 22.8 Å². The Morgan fingerprint density at radius 1 is 1.03 bits per heavy atom. The van der Waals surface area contributed by atoms with Crippen LogP contribution in [-0.4, -0.2) is 47.1 Å². The van der Waals surface area contributed by atoms with Gasteiger partial charge < -0.3 is 24.2 Å². The minimum atomic E-state index is -2.82. The molecular weight excluding hydrogens is 508 g/mol. The number of ether oxygens (including phenoxy) is 3. The number of benzene rings is 3. The van der Waals surface area contributed by atoms with Crippen LogP contribution < -0.4 is 9.47 Å². The summed E-state index contributed by atoms with van der Waals surface area (Å²) in [6, 6.07) is 20.4. The topological polar surface area (TPSA) is 85.3 Å². The molecule has 9 heteroatoms. The number of aliphatic carboxylic acids is 1. The SMILES string of the molecule is COc1ccc2c(c1OCc1ccccc1)C[C@@H](C(=O)O)N(C(=O)[C@H](OC1CC(F)(F)C1)c1ccccc1)C2. The van der Waals surface area contributed by atoms with E-state index < -0.39 is 48.9 Å². The molecule has 1 N–H and O–H groups in total. The monoisotopic (exact) mass is 537 g/mol. The molecule has 0 unspecified atom stereocenters. The first-order valence-corrected chi connectivity index (χ1v) is 12.7. The van der Waals surface area contributed by atoms with Gasteiger partial charge in [-0.1, -0.05) is 66.7 Å². The Morgan fingerprint density at radius 2 is 1.69 bits per heavy atom. The van der Waals surface area contributed by atoms with Gasteiger partial charge in [0.05, 0.1) is 13.2 Å². The smallest absolute Gasteiger partial charge is 0.326 e. The number of rotatable bonds is 9. The Balaban J connectivity index is 1.45.